The molecule has 0 heterocycles. The van der Waals surface area contributed by atoms with Crippen LogP contribution in [-0.2, 0) is 17.8 Å². The van der Waals surface area contributed by atoms with Crippen LogP contribution in [-0.4, -0.2) is 33.2 Å². The first-order chi connectivity index (χ1) is 11.6. The molecular weight excluding hydrogens is 324 g/mol. The molecule has 5 heteroatoms. The fraction of sp³-hybridized carbons (Fsp3) is 0.316. The van der Waals surface area contributed by atoms with Gasteiger partial charge in [-0.3, -0.25) is 4.79 Å². The molecule has 0 aliphatic heterocycles. The number of hydrogen-bond donors (Lipinski definition) is 2. The van der Waals surface area contributed by atoms with Gasteiger partial charge in [0.15, 0.2) is 6.54 Å². The Morgan fingerprint density at radius 2 is 1.79 bits per heavy atom. The van der Waals surface area contributed by atoms with Crippen LogP contribution >= 0.6 is 11.6 Å². The fourth-order valence-electron chi connectivity index (χ4n) is 2.61. The van der Waals surface area contributed by atoms with Crippen molar-refractivity contribution in [2.75, 3.05) is 27.2 Å². The molecule has 0 radical (unpaired) electrons. The van der Waals surface area contributed by atoms with Gasteiger partial charge in [-0.2, -0.15) is 0 Å². The van der Waals surface area contributed by atoms with E-state index < -0.39 is 0 Å². The number of likely N-dealkylation sites (N-methyl/N-ethyl adjacent to an activating group) is 1. The summed E-state index contributed by atoms with van der Waals surface area (Å²) >= 11 is 6.16. The number of benzene rings is 2. The number of carbonyl (C=O) groups excluding carboxylic acids is 1. The number of para-hydroxylation sites is 1. The summed E-state index contributed by atoms with van der Waals surface area (Å²) in [5, 5.41) is 3.71. The molecule has 24 heavy (non-hydrogen) atoms. The van der Waals surface area contributed by atoms with Crippen LogP contribution in [0.5, 0.6) is 5.75 Å². The van der Waals surface area contributed by atoms with Crippen molar-refractivity contribution < 1.29 is 14.4 Å². The monoisotopic (exact) mass is 347 g/mol. The number of amides is 1. The van der Waals surface area contributed by atoms with E-state index in [1.165, 1.54) is 0 Å². The molecule has 1 amide bonds. The molecule has 2 N–H and O–H groups in total. The molecule has 0 aliphatic rings. The van der Waals surface area contributed by atoms with Gasteiger partial charge in [0.05, 0.1) is 14.2 Å². The second-order valence-corrected chi connectivity index (χ2v) is 6.22. The third-order valence-electron chi connectivity index (χ3n) is 3.82. The van der Waals surface area contributed by atoms with Gasteiger partial charge in [-0.05, 0) is 24.1 Å². The van der Waals surface area contributed by atoms with Crippen molar-refractivity contribution in [3.05, 3.63) is 64.7 Å². The van der Waals surface area contributed by atoms with Crippen molar-refractivity contribution in [3.8, 4) is 5.75 Å². The van der Waals surface area contributed by atoms with Crippen molar-refractivity contribution in [1.82, 2.24) is 5.32 Å². The summed E-state index contributed by atoms with van der Waals surface area (Å²) in [6.07, 6.45) is 0.749. The summed E-state index contributed by atoms with van der Waals surface area (Å²) in [5.74, 6) is 0.891. The number of ether oxygens (including phenoxy) is 1. The lowest BCUT2D eigenvalue weighted by Gasteiger charge is -2.15. The van der Waals surface area contributed by atoms with Gasteiger partial charge in [0, 0.05) is 17.1 Å². The van der Waals surface area contributed by atoms with Gasteiger partial charge in [0.25, 0.3) is 5.91 Å². The van der Waals surface area contributed by atoms with E-state index in [0.29, 0.717) is 13.1 Å². The van der Waals surface area contributed by atoms with E-state index in [-0.39, 0.29) is 5.91 Å². The second kappa shape index (κ2) is 9.30. The molecule has 0 aliphatic carbocycles. The van der Waals surface area contributed by atoms with E-state index in [2.05, 4.69) is 5.32 Å². The van der Waals surface area contributed by atoms with Crippen LogP contribution in [0.1, 0.15) is 11.1 Å². The highest BCUT2D eigenvalue weighted by Crippen LogP contribution is 2.17. The van der Waals surface area contributed by atoms with E-state index in [9.17, 15) is 4.79 Å². The first kappa shape index (κ1) is 18.3. The third-order valence-corrected chi connectivity index (χ3v) is 4.19. The molecule has 0 fully saturated rings. The number of halogens is 1. The number of methoxy groups -OCH3 is 1. The number of nitrogens with one attached hydrogen (secondary N) is 2. The fourth-order valence-corrected chi connectivity index (χ4v) is 2.81. The average Bonchev–Trinajstić information content (AvgIpc) is 2.57. The molecule has 1 unspecified atom stereocenters. The Morgan fingerprint density at radius 3 is 2.50 bits per heavy atom. The summed E-state index contributed by atoms with van der Waals surface area (Å²) in [6.45, 7) is 1.73. The lowest BCUT2D eigenvalue weighted by molar-refractivity contribution is -0.885. The van der Waals surface area contributed by atoms with Crippen molar-refractivity contribution in [2.24, 2.45) is 0 Å². The summed E-state index contributed by atoms with van der Waals surface area (Å²) in [6, 6.07) is 15.6. The van der Waals surface area contributed by atoms with Gasteiger partial charge in [-0.15, -0.1) is 0 Å². The Morgan fingerprint density at radius 1 is 1.12 bits per heavy atom. The highest BCUT2D eigenvalue weighted by atomic mass is 35.5. The van der Waals surface area contributed by atoms with Crippen LogP contribution < -0.4 is 15.0 Å². The molecule has 0 spiro atoms. The van der Waals surface area contributed by atoms with Gasteiger partial charge in [-0.25, -0.2) is 0 Å². The maximum Gasteiger partial charge on any atom is 0.275 e. The van der Waals surface area contributed by atoms with Gasteiger partial charge in [-0.1, -0.05) is 48.0 Å². The minimum atomic E-state index is 0.0365. The minimum Gasteiger partial charge on any atom is -0.496 e. The van der Waals surface area contributed by atoms with E-state index in [4.69, 9.17) is 16.3 Å². The van der Waals surface area contributed by atoms with Crippen LogP contribution in [0.4, 0.5) is 0 Å². The Hall–Kier alpha value is -2.04. The van der Waals surface area contributed by atoms with Crippen LogP contribution in [0.2, 0.25) is 5.02 Å². The van der Waals surface area contributed by atoms with Crippen molar-refractivity contribution >= 4 is 17.5 Å². The predicted octanol–water partition coefficient (Wildman–Crippen LogP) is 1.72. The van der Waals surface area contributed by atoms with Crippen molar-refractivity contribution in [3.63, 3.8) is 0 Å². The number of hydrogen-bond acceptors (Lipinski definition) is 2. The van der Waals surface area contributed by atoms with Crippen molar-refractivity contribution in [1.29, 1.82) is 0 Å². The standard InChI is InChI=1S/C19H23ClN2O2/c1-22(13-16-8-3-5-9-17(16)20)14-19(23)21-12-11-15-7-4-6-10-18(15)24-2/h3-10H,11-14H2,1-2H3,(H,21,23)/p+1. The molecule has 2 aromatic rings. The lowest BCUT2D eigenvalue weighted by atomic mass is 10.1. The molecule has 2 rings (SSSR count). The summed E-state index contributed by atoms with van der Waals surface area (Å²) in [4.78, 5) is 13.2. The Kier molecular flexibility index (Phi) is 7.09. The maximum absolute atomic E-state index is 12.1. The molecule has 2 aromatic carbocycles. The molecule has 0 aromatic heterocycles. The number of quaternary nitrogens is 1. The van der Waals surface area contributed by atoms with Gasteiger partial charge in [0.2, 0.25) is 0 Å². The molecule has 4 nitrogen and oxygen atoms in total. The quantitative estimate of drug-likeness (QED) is 0.763. The van der Waals surface area contributed by atoms with E-state index in [1.54, 1.807) is 7.11 Å². The molecule has 1 atom stereocenters. The van der Waals surface area contributed by atoms with Crippen LogP contribution in [0.3, 0.4) is 0 Å². The highest BCUT2D eigenvalue weighted by Gasteiger charge is 2.12. The van der Waals surface area contributed by atoms with Gasteiger partial charge < -0.3 is 15.0 Å². The first-order valence-corrected chi connectivity index (χ1v) is 8.41. The zero-order valence-electron chi connectivity index (χ0n) is 14.1. The van der Waals surface area contributed by atoms with Gasteiger partial charge >= 0.3 is 0 Å². The zero-order chi connectivity index (χ0) is 17.4. The normalized spacial score (nSPS) is 11.8. The molecular formula is C19H24ClN2O2+. The molecule has 0 bridgehead atoms. The topological polar surface area (TPSA) is 42.8 Å². The lowest BCUT2D eigenvalue weighted by Crippen LogP contribution is -3.08. The zero-order valence-corrected chi connectivity index (χ0v) is 14.9. The third kappa shape index (κ3) is 5.55. The van der Waals surface area contributed by atoms with E-state index in [1.807, 2.05) is 55.6 Å². The molecule has 0 saturated heterocycles. The van der Waals surface area contributed by atoms with E-state index >= 15 is 0 Å². The Balaban J connectivity index is 1.76. The number of rotatable bonds is 8. The average molecular weight is 348 g/mol. The second-order valence-electron chi connectivity index (χ2n) is 5.81. The summed E-state index contributed by atoms with van der Waals surface area (Å²) in [7, 11) is 3.65. The molecule has 128 valence electrons. The Bertz CT molecular complexity index is 676. The van der Waals surface area contributed by atoms with E-state index in [0.717, 1.165) is 39.8 Å². The van der Waals surface area contributed by atoms with Crippen LogP contribution in [0.25, 0.3) is 0 Å². The SMILES string of the molecule is COc1ccccc1CCNC(=O)C[NH+](C)Cc1ccccc1Cl. The van der Waals surface area contributed by atoms with Crippen LogP contribution in [0.15, 0.2) is 48.5 Å². The largest absolute Gasteiger partial charge is 0.496 e. The van der Waals surface area contributed by atoms with Gasteiger partial charge in [0.1, 0.15) is 12.3 Å². The summed E-state index contributed by atoms with van der Waals surface area (Å²) in [5.41, 5.74) is 2.15. The number of carbonyl (C=O) groups is 1. The first-order valence-electron chi connectivity index (χ1n) is 8.03. The van der Waals surface area contributed by atoms with Crippen molar-refractivity contribution in [2.45, 2.75) is 13.0 Å². The minimum absolute atomic E-state index is 0.0365. The molecule has 0 saturated carbocycles. The Labute approximate surface area is 148 Å². The predicted molar refractivity (Wildman–Crippen MR) is 96.6 cm³/mol. The summed E-state index contributed by atoms with van der Waals surface area (Å²) < 4.78 is 5.32. The maximum atomic E-state index is 12.1. The smallest absolute Gasteiger partial charge is 0.275 e. The highest BCUT2D eigenvalue weighted by molar-refractivity contribution is 6.31. The van der Waals surface area contributed by atoms with Crippen LogP contribution in [0, 0.1) is 0 Å².